The van der Waals surface area contributed by atoms with Crippen LogP contribution in [0.25, 0.3) is 11.0 Å². The van der Waals surface area contributed by atoms with Gasteiger partial charge in [-0.1, -0.05) is 28.7 Å². The highest BCUT2D eigenvalue weighted by Crippen LogP contribution is 2.24. The second-order valence-corrected chi connectivity index (χ2v) is 7.94. The summed E-state index contributed by atoms with van der Waals surface area (Å²) in [5.41, 5.74) is 0.966. The van der Waals surface area contributed by atoms with E-state index in [9.17, 15) is 13.2 Å². The molecule has 0 aliphatic heterocycles. The maximum Gasteiger partial charge on any atom is 0.264 e. The summed E-state index contributed by atoms with van der Waals surface area (Å²) < 4.78 is 31.2. The maximum absolute atomic E-state index is 12.6. The monoisotopic (exact) mass is 388 g/mol. The number of nitrogens with one attached hydrogen (secondary N) is 1. The second kappa shape index (κ2) is 7.51. The van der Waals surface area contributed by atoms with Crippen molar-refractivity contribution in [2.45, 2.75) is 17.9 Å². The summed E-state index contributed by atoms with van der Waals surface area (Å²) in [6.07, 6.45) is 0. The molecule has 27 heavy (non-hydrogen) atoms. The molecule has 0 spiro atoms. The highest BCUT2D eigenvalue weighted by atomic mass is 32.2. The first-order chi connectivity index (χ1) is 12.8. The third-order valence-corrected chi connectivity index (χ3v) is 5.88. The molecule has 0 saturated carbocycles. The van der Waals surface area contributed by atoms with Gasteiger partial charge < -0.3 is 9.73 Å². The molecule has 1 unspecified atom stereocenters. The lowest BCUT2D eigenvalue weighted by Crippen LogP contribution is -2.28. The van der Waals surface area contributed by atoms with Gasteiger partial charge in [0.05, 0.1) is 18.0 Å². The van der Waals surface area contributed by atoms with Gasteiger partial charge in [-0.15, -0.1) is 0 Å². The van der Waals surface area contributed by atoms with Gasteiger partial charge in [-0.05, 0) is 37.3 Å². The Morgan fingerprint density at radius 1 is 1.15 bits per heavy atom. The summed E-state index contributed by atoms with van der Waals surface area (Å²) in [5, 5.41) is 3.77. The van der Waals surface area contributed by atoms with Gasteiger partial charge in [-0.3, -0.25) is 9.63 Å². The Bertz CT molecular complexity index is 1040. The molecule has 2 aromatic carbocycles. The van der Waals surface area contributed by atoms with Gasteiger partial charge in [-0.25, -0.2) is 8.42 Å². The summed E-state index contributed by atoms with van der Waals surface area (Å²) in [4.78, 5) is 17.3. The highest BCUT2D eigenvalue weighted by Gasteiger charge is 2.22. The van der Waals surface area contributed by atoms with Crippen LogP contribution in [0.15, 0.2) is 63.9 Å². The Morgan fingerprint density at radius 3 is 2.59 bits per heavy atom. The Labute approximate surface area is 157 Å². The highest BCUT2D eigenvalue weighted by molar-refractivity contribution is 7.89. The standard InChI is InChI=1S/C19H20N2O5S/c1-13(18-12-14-7-4-5-10-17(14)26-18)20-19(22)15-8-6-9-16(11-15)27(23,24)21(2)25-3/h4-13H,1-3H3,(H,20,22). The van der Waals surface area contributed by atoms with Crippen molar-refractivity contribution in [3.63, 3.8) is 0 Å². The first-order valence-electron chi connectivity index (χ1n) is 8.25. The van der Waals surface area contributed by atoms with E-state index in [0.29, 0.717) is 5.76 Å². The van der Waals surface area contributed by atoms with Crippen LogP contribution in [0.2, 0.25) is 0 Å². The number of fused-ring (bicyclic) bond motifs is 1. The molecular weight excluding hydrogens is 368 g/mol. The zero-order valence-corrected chi connectivity index (χ0v) is 16.0. The van der Waals surface area contributed by atoms with Crippen LogP contribution in [0.1, 0.15) is 29.1 Å². The van der Waals surface area contributed by atoms with Crippen LogP contribution in [-0.4, -0.2) is 33.0 Å². The number of sulfonamides is 1. The Morgan fingerprint density at radius 2 is 1.89 bits per heavy atom. The number of amides is 1. The molecular formula is C19H20N2O5S. The third kappa shape index (κ3) is 3.87. The maximum atomic E-state index is 12.6. The number of furan rings is 1. The molecule has 3 aromatic rings. The molecule has 7 nitrogen and oxygen atoms in total. The fourth-order valence-electron chi connectivity index (χ4n) is 2.61. The zero-order chi connectivity index (χ0) is 19.6. The normalized spacial score (nSPS) is 13.0. The number of hydrogen-bond acceptors (Lipinski definition) is 5. The van der Waals surface area contributed by atoms with Gasteiger partial charge in [0, 0.05) is 18.0 Å². The van der Waals surface area contributed by atoms with Crippen molar-refractivity contribution in [3.8, 4) is 0 Å². The van der Waals surface area contributed by atoms with E-state index in [0.717, 1.165) is 15.4 Å². The number of carbonyl (C=O) groups is 1. The number of nitrogens with zero attached hydrogens (tertiary/aromatic N) is 1. The molecule has 0 bridgehead atoms. The quantitative estimate of drug-likeness (QED) is 0.656. The molecule has 1 heterocycles. The van der Waals surface area contributed by atoms with Crippen molar-refractivity contribution >= 4 is 26.9 Å². The molecule has 0 fully saturated rings. The number of hydroxylamine groups is 1. The van der Waals surface area contributed by atoms with Crippen LogP contribution in [-0.2, 0) is 14.9 Å². The number of benzene rings is 2. The fraction of sp³-hybridized carbons (Fsp3) is 0.211. The predicted octanol–water partition coefficient (Wildman–Crippen LogP) is 3.11. The molecule has 142 valence electrons. The minimum Gasteiger partial charge on any atom is -0.459 e. The smallest absolute Gasteiger partial charge is 0.264 e. The average Bonchev–Trinajstić information content (AvgIpc) is 3.11. The van der Waals surface area contributed by atoms with E-state index in [1.54, 1.807) is 13.0 Å². The number of rotatable bonds is 6. The summed E-state index contributed by atoms with van der Waals surface area (Å²) in [6.45, 7) is 1.80. The first-order valence-corrected chi connectivity index (χ1v) is 9.69. The number of carbonyl (C=O) groups excluding carboxylic acids is 1. The van der Waals surface area contributed by atoms with E-state index in [1.165, 1.54) is 32.4 Å². The van der Waals surface area contributed by atoms with Gasteiger partial charge in [0.15, 0.2) is 0 Å². The van der Waals surface area contributed by atoms with Crippen LogP contribution in [0.4, 0.5) is 0 Å². The molecule has 0 saturated heterocycles. The van der Waals surface area contributed by atoms with Gasteiger partial charge in [-0.2, -0.15) is 0 Å². The first kappa shape index (κ1) is 19.1. The molecule has 0 radical (unpaired) electrons. The Balaban J connectivity index is 1.81. The van der Waals surface area contributed by atoms with E-state index < -0.39 is 15.9 Å². The van der Waals surface area contributed by atoms with Crippen molar-refractivity contribution < 1.29 is 22.5 Å². The zero-order valence-electron chi connectivity index (χ0n) is 15.2. The van der Waals surface area contributed by atoms with Crippen LogP contribution >= 0.6 is 0 Å². The van der Waals surface area contributed by atoms with Gasteiger partial charge in [0.25, 0.3) is 15.9 Å². The lowest BCUT2D eigenvalue weighted by molar-refractivity contribution is -0.0258. The van der Waals surface area contributed by atoms with Gasteiger partial charge in [0.2, 0.25) is 0 Å². The summed E-state index contributed by atoms with van der Waals surface area (Å²) in [6, 6.07) is 14.8. The van der Waals surface area contributed by atoms with Crippen LogP contribution in [0.3, 0.4) is 0 Å². The van der Waals surface area contributed by atoms with Crippen molar-refractivity contribution in [2.24, 2.45) is 0 Å². The lowest BCUT2D eigenvalue weighted by atomic mass is 10.1. The average molecular weight is 388 g/mol. The van der Waals surface area contributed by atoms with E-state index in [4.69, 9.17) is 9.25 Å². The summed E-state index contributed by atoms with van der Waals surface area (Å²) in [7, 11) is -1.29. The van der Waals surface area contributed by atoms with E-state index in [-0.39, 0.29) is 16.5 Å². The minimum absolute atomic E-state index is 0.0316. The molecule has 0 aliphatic carbocycles. The number of hydrogen-bond donors (Lipinski definition) is 1. The van der Waals surface area contributed by atoms with E-state index >= 15 is 0 Å². The van der Waals surface area contributed by atoms with Gasteiger partial charge in [0.1, 0.15) is 11.3 Å². The van der Waals surface area contributed by atoms with Gasteiger partial charge >= 0.3 is 0 Å². The largest absolute Gasteiger partial charge is 0.459 e. The van der Waals surface area contributed by atoms with Crippen LogP contribution < -0.4 is 5.32 Å². The SMILES string of the molecule is CON(C)S(=O)(=O)c1cccc(C(=O)NC(C)c2cc3ccccc3o2)c1. The molecule has 1 amide bonds. The minimum atomic E-state index is -3.83. The summed E-state index contributed by atoms with van der Waals surface area (Å²) in [5.74, 6) is 0.215. The molecule has 1 atom stereocenters. The molecule has 1 aromatic heterocycles. The predicted molar refractivity (Wildman–Crippen MR) is 100 cm³/mol. The Hall–Kier alpha value is -2.68. The molecule has 1 N–H and O–H groups in total. The van der Waals surface area contributed by atoms with E-state index in [2.05, 4.69) is 5.32 Å². The van der Waals surface area contributed by atoms with Crippen LogP contribution in [0, 0.1) is 0 Å². The van der Waals surface area contributed by atoms with Crippen molar-refractivity contribution in [1.29, 1.82) is 0 Å². The third-order valence-electron chi connectivity index (χ3n) is 4.21. The van der Waals surface area contributed by atoms with Crippen molar-refractivity contribution in [1.82, 2.24) is 9.79 Å². The number of para-hydroxylation sites is 1. The topological polar surface area (TPSA) is 88.8 Å². The second-order valence-electron chi connectivity index (χ2n) is 6.01. The lowest BCUT2D eigenvalue weighted by Gasteiger charge is -2.15. The van der Waals surface area contributed by atoms with Crippen molar-refractivity contribution in [2.75, 3.05) is 14.2 Å². The Kier molecular flexibility index (Phi) is 5.31. The van der Waals surface area contributed by atoms with Crippen molar-refractivity contribution in [3.05, 3.63) is 65.9 Å². The molecule has 8 heteroatoms. The molecule has 3 rings (SSSR count). The van der Waals surface area contributed by atoms with Crippen LogP contribution in [0.5, 0.6) is 0 Å². The fourth-order valence-corrected chi connectivity index (χ4v) is 3.63. The summed E-state index contributed by atoms with van der Waals surface area (Å²) >= 11 is 0. The van der Waals surface area contributed by atoms with E-state index in [1.807, 2.05) is 30.3 Å². The molecule has 0 aliphatic rings.